The van der Waals surface area contributed by atoms with Crippen molar-refractivity contribution in [3.05, 3.63) is 100 Å². The molecule has 1 fully saturated rings. The number of rotatable bonds is 7. The molecule has 0 aromatic heterocycles. The number of hydrogen-bond acceptors (Lipinski definition) is 5. The molecule has 0 radical (unpaired) electrons. The summed E-state index contributed by atoms with van der Waals surface area (Å²) in [5.74, 6) is -0.234. The molecule has 0 saturated carbocycles. The van der Waals surface area contributed by atoms with Gasteiger partial charge in [0.1, 0.15) is 17.3 Å². The molecule has 3 aromatic rings. The molecule has 1 aliphatic rings. The van der Waals surface area contributed by atoms with Crippen LogP contribution >= 0.6 is 0 Å². The predicted octanol–water partition coefficient (Wildman–Crippen LogP) is 7.31. The maximum Gasteiger partial charge on any atom is 0.295 e. The zero-order chi connectivity index (χ0) is 30.1. The monoisotopic (exact) mass is 555 g/mol. The second-order valence-corrected chi connectivity index (χ2v) is 12.5. The van der Waals surface area contributed by atoms with Gasteiger partial charge in [-0.2, -0.15) is 0 Å². The lowest BCUT2D eigenvalue weighted by Crippen LogP contribution is -2.29. The second kappa shape index (κ2) is 11.4. The van der Waals surface area contributed by atoms with Crippen molar-refractivity contribution in [1.29, 1.82) is 0 Å². The van der Waals surface area contributed by atoms with Gasteiger partial charge in [-0.15, -0.1) is 0 Å². The van der Waals surface area contributed by atoms with Crippen molar-refractivity contribution in [2.75, 3.05) is 13.7 Å². The summed E-state index contributed by atoms with van der Waals surface area (Å²) in [4.78, 5) is 28.8. The van der Waals surface area contributed by atoms with E-state index in [-0.39, 0.29) is 28.7 Å². The van der Waals surface area contributed by atoms with E-state index in [4.69, 9.17) is 9.47 Å². The fraction of sp³-hybridized carbons (Fsp3) is 0.371. The average molecular weight is 556 g/mol. The molecule has 1 atom stereocenters. The summed E-state index contributed by atoms with van der Waals surface area (Å²) >= 11 is 0. The van der Waals surface area contributed by atoms with Crippen molar-refractivity contribution in [2.45, 2.75) is 71.9 Å². The van der Waals surface area contributed by atoms with Crippen molar-refractivity contribution in [3.8, 4) is 11.5 Å². The van der Waals surface area contributed by atoms with Crippen LogP contribution in [-0.4, -0.2) is 35.4 Å². The minimum absolute atomic E-state index is 0.0661. The van der Waals surface area contributed by atoms with Gasteiger partial charge in [-0.1, -0.05) is 84.0 Å². The number of benzene rings is 3. The largest absolute Gasteiger partial charge is 0.507 e. The van der Waals surface area contributed by atoms with Gasteiger partial charge in [-0.25, -0.2) is 0 Å². The van der Waals surface area contributed by atoms with Crippen molar-refractivity contribution < 1.29 is 24.2 Å². The lowest BCUT2D eigenvalue weighted by Gasteiger charge is -2.27. The van der Waals surface area contributed by atoms with E-state index in [0.717, 1.165) is 28.0 Å². The Hall–Kier alpha value is -4.06. The van der Waals surface area contributed by atoms with Crippen LogP contribution in [0.2, 0.25) is 0 Å². The SMILES string of the molecule is CCOc1ccc(/C(O)=C2/C(=O)C(=O)N(Cc3ccccc3OC)C2c2ccc(C(C)(C)C)cc2)cc1C(C)(C)C. The number of nitrogens with zero attached hydrogens (tertiary/aromatic N) is 1. The van der Waals surface area contributed by atoms with E-state index in [0.29, 0.717) is 17.9 Å². The summed E-state index contributed by atoms with van der Waals surface area (Å²) in [6.07, 6.45) is 0. The number of carbonyl (C=O) groups is 2. The Morgan fingerprint density at radius 1 is 0.878 bits per heavy atom. The topological polar surface area (TPSA) is 76.1 Å². The van der Waals surface area contributed by atoms with Crippen LogP contribution in [0.3, 0.4) is 0 Å². The number of ketones is 1. The van der Waals surface area contributed by atoms with Gasteiger partial charge in [-0.3, -0.25) is 9.59 Å². The molecular formula is C35H41NO5. The highest BCUT2D eigenvalue weighted by atomic mass is 16.5. The minimum Gasteiger partial charge on any atom is -0.507 e. The maximum atomic E-state index is 13.7. The summed E-state index contributed by atoms with van der Waals surface area (Å²) in [6, 6.07) is 20.0. The molecule has 6 nitrogen and oxygen atoms in total. The average Bonchev–Trinajstić information content (AvgIpc) is 3.17. The van der Waals surface area contributed by atoms with Gasteiger partial charge >= 0.3 is 0 Å². The first-order chi connectivity index (χ1) is 19.3. The quantitative estimate of drug-likeness (QED) is 0.188. The molecule has 1 saturated heterocycles. The third kappa shape index (κ3) is 6.02. The first-order valence-corrected chi connectivity index (χ1v) is 14.1. The van der Waals surface area contributed by atoms with Gasteiger partial charge in [0.15, 0.2) is 0 Å². The van der Waals surface area contributed by atoms with Gasteiger partial charge in [0.2, 0.25) is 0 Å². The number of aliphatic hydroxyl groups is 1. The molecule has 1 amide bonds. The Morgan fingerprint density at radius 3 is 2.12 bits per heavy atom. The molecule has 1 unspecified atom stereocenters. The highest BCUT2D eigenvalue weighted by Crippen LogP contribution is 2.42. The molecule has 0 bridgehead atoms. The Kier molecular flexibility index (Phi) is 8.34. The molecule has 4 rings (SSSR count). The van der Waals surface area contributed by atoms with Gasteiger partial charge in [-0.05, 0) is 53.1 Å². The number of hydrogen-bond donors (Lipinski definition) is 1. The van der Waals surface area contributed by atoms with Gasteiger partial charge in [0.25, 0.3) is 11.7 Å². The molecule has 0 aliphatic carbocycles. The highest BCUT2D eigenvalue weighted by molar-refractivity contribution is 6.46. The van der Waals surface area contributed by atoms with Crippen LogP contribution in [0.25, 0.3) is 5.76 Å². The number of amides is 1. The van der Waals surface area contributed by atoms with Gasteiger partial charge in [0.05, 0.1) is 31.9 Å². The van der Waals surface area contributed by atoms with E-state index in [2.05, 4.69) is 41.5 Å². The number of ether oxygens (including phenoxy) is 2. The van der Waals surface area contributed by atoms with Gasteiger partial charge < -0.3 is 19.5 Å². The Labute approximate surface area is 243 Å². The Bertz CT molecular complexity index is 1470. The van der Waals surface area contributed by atoms with E-state index in [1.807, 2.05) is 67.6 Å². The molecule has 216 valence electrons. The smallest absolute Gasteiger partial charge is 0.295 e. The Morgan fingerprint density at radius 2 is 1.54 bits per heavy atom. The number of Topliss-reactive ketones (excluding diaryl/α,β-unsaturated/α-hetero) is 1. The molecule has 6 heteroatoms. The van der Waals surface area contributed by atoms with E-state index < -0.39 is 17.7 Å². The van der Waals surface area contributed by atoms with Crippen LogP contribution in [0, 0.1) is 0 Å². The third-order valence-electron chi connectivity index (χ3n) is 7.53. The molecular weight excluding hydrogens is 514 g/mol. The van der Waals surface area contributed by atoms with E-state index in [1.54, 1.807) is 13.2 Å². The second-order valence-electron chi connectivity index (χ2n) is 12.5. The fourth-order valence-corrected chi connectivity index (χ4v) is 5.27. The lowest BCUT2D eigenvalue weighted by molar-refractivity contribution is -0.140. The number of methoxy groups -OCH3 is 1. The van der Waals surface area contributed by atoms with E-state index in [1.165, 1.54) is 4.90 Å². The highest BCUT2D eigenvalue weighted by Gasteiger charge is 2.46. The van der Waals surface area contributed by atoms with Crippen molar-refractivity contribution in [2.24, 2.45) is 0 Å². The molecule has 1 N–H and O–H groups in total. The maximum absolute atomic E-state index is 13.7. The molecule has 1 heterocycles. The van der Waals surface area contributed by atoms with Crippen LogP contribution in [0.4, 0.5) is 0 Å². The molecule has 41 heavy (non-hydrogen) atoms. The van der Waals surface area contributed by atoms with Crippen molar-refractivity contribution in [1.82, 2.24) is 4.90 Å². The van der Waals surface area contributed by atoms with Crippen LogP contribution < -0.4 is 9.47 Å². The van der Waals surface area contributed by atoms with Crippen molar-refractivity contribution in [3.63, 3.8) is 0 Å². The lowest BCUT2D eigenvalue weighted by atomic mass is 9.84. The summed E-state index contributed by atoms with van der Waals surface area (Å²) < 4.78 is 11.4. The molecule has 0 spiro atoms. The van der Waals surface area contributed by atoms with E-state index >= 15 is 0 Å². The standard InChI is InChI=1S/C35H41NO5/c1-9-41-28-19-16-23(20-26(28)35(5,6)7)31(37)29-30(22-14-17-25(18-15-22)34(2,3)4)36(33(39)32(29)38)21-24-12-10-11-13-27(24)40-8/h10-20,30,37H,9,21H2,1-8H3/b31-29-. The summed E-state index contributed by atoms with van der Waals surface area (Å²) in [7, 11) is 1.58. The van der Waals surface area contributed by atoms with Gasteiger partial charge in [0, 0.05) is 16.7 Å². The number of para-hydroxylation sites is 1. The zero-order valence-electron chi connectivity index (χ0n) is 25.4. The normalized spacial score (nSPS) is 17.2. The zero-order valence-corrected chi connectivity index (χ0v) is 25.4. The molecule has 1 aliphatic heterocycles. The number of carbonyl (C=O) groups excluding carboxylic acids is 2. The van der Waals surface area contributed by atoms with Crippen LogP contribution in [0.1, 0.15) is 82.3 Å². The third-order valence-corrected chi connectivity index (χ3v) is 7.53. The number of aliphatic hydroxyl groups excluding tert-OH is 1. The summed E-state index contributed by atoms with van der Waals surface area (Å²) in [5, 5.41) is 11.7. The fourth-order valence-electron chi connectivity index (χ4n) is 5.27. The minimum atomic E-state index is -0.779. The van der Waals surface area contributed by atoms with E-state index in [9.17, 15) is 14.7 Å². The summed E-state index contributed by atoms with van der Waals surface area (Å²) in [5.41, 5.74) is 3.73. The number of likely N-dealkylation sites (tertiary alicyclic amines) is 1. The first kappa shape index (κ1) is 29.9. The van der Waals surface area contributed by atoms with Crippen LogP contribution in [-0.2, 0) is 27.0 Å². The van der Waals surface area contributed by atoms with Crippen LogP contribution in [0.15, 0.2) is 72.3 Å². The van der Waals surface area contributed by atoms with Crippen LogP contribution in [0.5, 0.6) is 11.5 Å². The summed E-state index contributed by atoms with van der Waals surface area (Å²) in [6.45, 7) is 15.2. The molecule has 3 aromatic carbocycles. The predicted molar refractivity (Wildman–Crippen MR) is 162 cm³/mol. The Balaban J connectivity index is 1.91. The first-order valence-electron chi connectivity index (χ1n) is 14.1. The van der Waals surface area contributed by atoms with Crippen molar-refractivity contribution >= 4 is 17.4 Å².